The molecule has 1 aliphatic carbocycles. The molecule has 0 nitrogen and oxygen atoms in total. The van der Waals surface area contributed by atoms with Crippen molar-refractivity contribution < 1.29 is 0 Å². The molecule has 26 heavy (non-hydrogen) atoms. The minimum absolute atomic E-state index is 0.860. The summed E-state index contributed by atoms with van der Waals surface area (Å²) in [7, 11) is 0. The van der Waals surface area contributed by atoms with Crippen LogP contribution in [0.25, 0.3) is 10.8 Å². The average Bonchev–Trinajstić information content (AvgIpc) is 2.74. The molecule has 1 aliphatic rings. The van der Waals surface area contributed by atoms with E-state index in [0.29, 0.717) is 0 Å². The maximum Gasteiger partial charge on any atom is -0.0155 e. The number of rotatable bonds is 1. The number of hydrogen-bond donors (Lipinski definition) is 0. The SMILES string of the molecule is C=C(C)C1CCCCC1.CC.CC.CC.Cc1cccc2ccccc12. The van der Waals surface area contributed by atoms with Crippen molar-refractivity contribution >= 4 is 10.8 Å². The molecule has 0 heterocycles. The van der Waals surface area contributed by atoms with E-state index in [1.54, 1.807) is 0 Å². The van der Waals surface area contributed by atoms with Crippen LogP contribution in [0.1, 0.15) is 86.1 Å². The summed E-state index contributed by atoms with van der Waals surface area (Å²) < 4.78 is 0. The molecule has 2 aromatic carbocycles. The van der Waals surface area contributed by atoms with Gasteiger partial charge in [0.05, 0.1) is 0 Å². The molecule has 0 radical (unpaired) electrons. The summed E-state index contributed by atoms with van der Waals surface area (Å²) in [4.78, 5) is 0. The molecule has 1 saturated carbocycles. The first kappa shape index (κ1) is 26.7. The third-order valence-electron chi connectivity index (χ3n) is 4.31. The van der Waals surface area contributed by atoms with Crippen LogP contribution in [-0.2, 0) is 0 Å². The van der Waals surface area contributed by atoms with Gasteiger partial charge in [-0.2, -0.15) is 0 Å². The lowest BCUT2D eigenvalue weighted by atomic mass is 9.85. The Hall–Kier alpha value is -1.56. The van der Waals surface area contributed by atoms with Crippen LogP contribution >= 0.6 is 0 Å². The van der Waals surface area contributed by atoms with E-state index in [-0.39, 0.29) is 0 Å². The van der Waals surface area contributed by atoms with Crippen LogP contribution in [0.5, 0.6) is 0 Å². The first-order valence-electron chi connectivity index (χ1n) is 10.8. The third-order valence-corrected chi connectivity index (χ3v) is 4.31. The van der Waals surface area contributed by atoms with Crippen molar-refractivity contribution in [3.05, 3.63) is 60.2 Å². The van der Waals surface area contributed by atoms with E-state index >= 15 is 0 Å². The van der Waals surface area contributed by atoms with Gasteiger partial charge in [-0.25, -0.2) is 0 Å². The van der Waals surface area contributed by atoms with E-state index < -0.39 is 0 Å². The molecular weight excluding hydrogens is 312 g/mol. The number of hydrogen-bond acceptors (Lipinski definition) is 0. The van der Waals surface area contributed by atoms with E-state index in [0.717, 1.165) is 5.92 Å². The fraction of sp³-hybridized carbons (Fsp3) is 0.538. The highest BCUT2D eigenvalue weighted by molar-refractivity contribution is 5.85. The summed E-state index contributed by atoms with van der Waals surface area (Å²) in [6.45, 7) is 20.3. The topological polar surface area (TPSA) is 0 Å². The number of allylic oxidation sites excluding steroid dienone is 1. The van der Waals surface area contributed by atoms with Crippen molar-refractivity contribution in [3.63, 3.8) is 0 Å². The Labute approximate surface area is 164 Å². The van der Waals surface area contributed by atoms with Crippen molar-refractivity contribution in [3.8, 4) is 0 Å². The lowest BCUT2D eigenvalue weighted by Crippen LogP contribution is -2.05. The molecule has 3 rings (SSSR count). The van der Waals surface area contributed by atoms with Crippen molar-refractivity contribution in [2.24, 2.45) is 5.92 Å². The van der Waals surface area contributed by atoms with Crippen molar-refractivity contribution in [2.45, 2.75) is 87.5 Å². The summed E-state index contributed by atoms with van der Waals surface area (Å²) >= 11 is 0. The molecule has 0 aromatic heterocycles. The number of aryl methyl sites for hydroxylation is 1. The molecule has 148 valence electrons. The second kappa shape index (κ2) is 18.2. The van der Waals surface area contributed by atoms with Crippen LogP contribution in [0.15, 0.2) is 54.6 Å². The van der Waals surface area contributed by atoms with E-state index in [1.165, 1.54) is 54.0 Å². The van der Waals surface area contributed by atoms with Gasteiger partial charge >= 0.3 is 0 Å². The normalized spacial score (nSPS) is 12.6. The van der Waals surface area contributed by atoms with Crippen LogP contribution < -0.4 is 0 Å². The van der Waals surface area contributed by atoms with Gasteiger partial charge in [-0.1, -0.05) is 115 Å². The molecule has 0 aliphatic heterocycles. The molecule has 2 aromatic rings. The van der Waals surface area contributed by atoms with Gasteiger partial charge in [0.15, 0.2) is 0 Å². The van der Waals surface area contributed by atoms with Crippen LogP contribution in [0, 0.1) is 12.8 Å². The molecule has 0 unspecified atom stereocenters. The van der Waals surface area contributed by atoms with Crippen LogP contribution in [0.2, 0.25) is 0 Å². The predicted molar refractivity (Wildman–Crippen MR) is 124 cm³/mol. The summed E-state index contributed by atoms with van der Waals surface area (Å²) in [5.41, 5.74) is 2.75. The molecule has 0 spiro atoms. The van der Waals surface area contributed by atoms with Crippen LogP contribution in [0.3, 0.4) is 0 Å². The lowest BCUT2D eigenvalue weighted by Gasteiger charge is -2.21. The van der Waals surface area contributed by atoms with Gasteiger partial charge in [0, 0.05) is 0 Å². The Kier molecular flexibility index (Phi) is 18.7. The van der Waals surface area contributed by atoms with Crippen molar-refractivity contribution in [2.75, 3.05) is 0 Å². The van der Waals surface area contributed by atoms with Crippen molar-refractivity contribution in [1.82, 2.24) is 0 Å². The minimum Gasteiger partial charge on any atom is -0.0999 e. The Morgan fingerprint density at radius 2 is 1.27 bits per heavy atom. The van der Waals surface area contributed by atoms with Gasteiger partial charge in [-0.3, -0.25) is 0 Å². The van der Waals surface area contributed by atoms with E-state index in [1.807, 2.05) is 41.5 Å². The Balaban J connectivity index is 0. The molecule has 0 saturated heterocycles. The number of fused-ring (bicyclic) bond motifs is 1. The summed E-state index contributed by atoms with van der Waals surface area (Å²) in [6.07, 6.45) is 7.10. The molecule has 0 N–H and O–H groups in total. The Morgan fingerprint density at radius 3 is 1.73 bits per heavy atom. The number of benzene rings is 2. The molecule has 0 atom stereocenters. The molecular formula is C26H44. The largest absolute Gasteiger partial charge is 0.0999 e. The van der Waals surface area contributed by atoms with Gasteiger partial charge < -0.3 is 0 Å². The first-order chi connectivity index (χ1) is 12.7. The maximum atomic E-state index is 3.98. The maximum absolute atomic E-state index is 3.98. The third kappa shape index (κ3) is 10.4. The van der Waals surface area contributed by atoms with Gasteiger partial charge in [-0.05, 0) is 48.9 Å². The van der Waals surface area contributed by atoms with E-state index in [4.69, 9.17) is 0 Å². The predicted octanol–water partition coefficient (Wildman–Crippen LogP) is 9.37. The summed E-state index contributed by atoms with van der Waals surface area (Å²) in [6, 6.07) is 14.8. The smallest absolute Gasteiger partial charge is 0.0155 e. The van der Waals surface area contributed by atoms with Crippen molar-refractivity contribution in [1.29, 1.82) is 0 Å². The Morgan fingerprint density at radius 1 is 0.769 bits per heavy atom. The molecule has 0 heteroatoms. The van der Waals surface area contributed by atoms with Gasteiger partial charge in [0.1, 0.15) is 0 Å². The zero-order chi connectivity index (χ0) is 20.4. The molecule has 0 bridgehead atoms. The van der Waals surface area contributed by atoms with Crippen LogP contribution in [-0.4, -0.2) is 0 Å². The fourth-order valence-corrected chi connectivity index (χ4v) is 2.98. The lowest BCUT2D eigenvalue weighted by molar-refractivity contribution is 0.404. The molecule has 0 amide bonds. The summed E-state index contributed by atoms with van der Waals surface area (Å²) in [5.74, 6) is 0.860. The van der Waals surface area contributed by atoms with Crippen LogP contribution in [0.4, 0.5) is 0 Å². The monoisotopic (exact) mass is 356 g/mol. The zero-order valence-electron chi connectivity index (χ0n) is 18.9. The molecule has 1 fully saturated rings. The highest BCUT2D eigenvalue weighted by atomic mass is 14.2. The standard InChI is InChI=1S/C11H10.C9H16.3C2H6/c1-9-5-4-7-10-6-2-3-8-11(9)10;1-8(2)9-6-4-3-5-7-9;3*1-2/h2-8H,1H3;9H,1,3-7H2,2H3;3*1-2H3. The average molecular weight is 357 g/mol. The Bertz CT molecular complexity index is 554. The minimum atomic E-state index is 0.860. The second-order valence-electron chi connectivity index (χ2n) is 5.98. The summed E-state index contributed by atoms with van der Waals surface area (Å²) in [5, 5.41) is 2.68. The fourth-order valence-electron chi connectivity index (χ4n) is 2.98. The highest BCUT2D eigenvalue weighted by Crippen LogP contribution is 2.28. The van der Waals surface area contributed by atoms with Gasteiger partial charge in [-0.15, -0.1) is 0 Å². The van der Waals surface area contributed by atoms with E-state index in [2.05, 4.69) is 62.9 Å². The van der Waals surface area contributed by atoms with Gasteiger partial charge in [0.2, 0.25) is 0 Å². The highest BCUT2D eigenvalue weighted by Gasteiger charge is 2.12. The quantitative estimate of drug-likeness (QED) is 0.446. The second-order valence-corrected chi connectivity index (χ2v) is 5.98. The zero-order valence-corrected chi connectivity index (χ0v) is 18.9. The van der Waals surface area contributed by atoms with Gasteiger partial charge in [0.25, 0.3) is 0 Å². The van der Waals surface area contributed by atoms with E-state index in [9.17, 15) is 0 Å². The first-order valence-corrected chi connectivity index (χ1v) is 10.8.